The van der Waals surface area contributed by atoms with Gasteiger partial charge < -0.3 is 9.42 Å². The molecule has 1 aliphatic carbocycles. The van der Waals surface area contributed by atoms with Gasteiger partial charge in [0.1, 0.15) is 0 Å². The second kappa shape index (κ2) is 6.18. The second-order valence-electron chi connectivity index (χ2n) is 7.73. The summed E-state index contributed by atoms with van der Waals surface area (Å²) >= 11 is 0. The van der Waals surface area contributed by atoms with Crippen LogP contribution in [0.2, 0.25) is 0 Å². The molecule has 0 bridgehead atoms. The molecule has 1 saturated heterocycles. The summed E-state index contributed by atoms with van der Waals surface area (Å²) in [6, 6.07) is 6.80. The molecule has 1 amide bonds. The highest BCUT2D eigenvalue weighted by molar-refractivity contribution is 5.86. The van der Waals surface area contributed by atoms with Gasteiger partial charge in [0.2, 0.25) is 17.6 Å². The SMILES string of the molecule is CC(=O)N1CCC(c2nc(-c3ccc4c(C)nn(C5CC5)c4c3)no2)CC1. The first-order chi connectivity index (χ1) is 13.1. The van der Waals surface area contributed by atoms with Crippen molar-refractivity contribution >= 4 is 16.8 Å². The van der Waals surface area contributed by atoms with Crippen LogP contribution in [0.5, 0.6) is 0 Å². The molecule has 140 valence electrons. The Hall–Kier alpha value is -2.70. The fourth-order valence-electron chi connectivity index (χ4n) is 3.99. The minimum absolute atomic E-state index is 0.135. The number of hydrogen-bond acceptors (Lipinski definition) is 5. The van der Waals surface area contributed by atoms with Crippen molar-refractivity contribution in [3.63, 3.8) is 0 Å². The molecule has 0 radical (unpaired) electrons. The zero-order chi connectivity index (χ0) is 18.5. The normalized spacial score (nSPS) is 18.4. The number of carbonyl (C=O) groups excluding carboxylic acids is 1. The standard InChI is InChI=1S/C20H23N5O2/c1-12-17-6-3-15(11-18(17)25(22-12)16-4-5-16)19-21-20(27-23-19)14-7-9-24(10-8-14)13(2)26/h3,6,11,14,16H,4-5,7-10H2,1-2H3. The van der Waals surface area contributed by atoms with E-state index in [0.717, 1.165) is 42.7 Å². The van der Waals surface area contributed by atoms with Crippen LogP contribution in [0.4, 0.5) is 0 Å². The lowest BCUT2D eigenvalue weighted by Crippen LogP contribution is -2.36. The van der Waals surface area contributed by atoms with Crippen molar-refractivity contribution in [3.05, 3.63) is 29.8 Å². The quantitative estimate of drug-likeness (QED) is 0.710. The molecule has 1 saturated carbocycles. The molecule has 2 fully saturated rings. The lowest BCUT2D eigenvalue weighted by atomic mass is 9.97. The van der Waals surface area contributed by atoms with Crippen LogP contribution in [-0.2, 0) is 4.79 Å². The smallest absolute Gasteiger partial charge is 0.230 e. The maximum absolute atomic E-state index is 11.5. The van der Waals surface area contributed by atoms with Gasteiger partial charge in [0.15, 0.2) is 0 Å². The van der Waals surface area contributed by atoms with Gasteiger partial charge in [0.05, 0.1) is 17.3 Å². The Labute approximate surface area is 157 Å². The number of rotatable bonds is 3. The first-order valence-electron chi connectivity index (χ1n) is 9.68. The molecular formula is C20H23N5O2. The van der Waals surface area contributed by atoms with Crippen molar-refractivity contribution in [2.24, 2.45) is 0 Å². The predicted molar refractivity (Wildman–Crippen MR) is 100 cm³/mol. The summed E-state index contributed by atoms with van der Waals surface area (Å²) in [4.78, 5) is 18.0. The fourth-order valence-corrected chi connectivity index (χ4v) is 3.99. The Bertz CT molecular complexity index is 1010. The van der Waals surface area contributed by atoms with E-state index in [1.54, 1.807) is 6.92 Å². The van der Waals surface area contributed by atoms with Crippen LogP contribution in [0, 0.1) is 6.92 Å². The molecular weight excluding hydrogens is 342 g/mol. The monoisotopic (exact) mass is 365 g/mol. The Morgan fingerprint density at radius 1 is 1.19 bits per heavy atom. The van der Waals surface area contributed by atoms with Gasteiger partial charge in [-0.3, -0.25) is 9.48 Å². The highest BCUT2D eigenvalue weighted by Crippen LogP contribution is 2.38. The molecule has 0 unspecified atom stereocenters. The maximum atomic E-state index is 11.5. The zero-order valence-corrected chi connectivity index (χ0v) is 15.7. The molecule has 0 atom stereocenters. The highest BCUT2D eigenvalue weighted by atomic mass is 16.5. The van der Waals surface area contributed by atoms with Gasteiger partial charge in [0.25, 0.3) is 0 Å². The van der Waals surface area contributed by atoms with E-state index in [-0.39, 0.29) is 11.8 Å². The summed E-state index contributed by atoms with van der Waals surface area (Å²) in [5, 5.41) is 10.1. The second-order valence-corrected chi connectivity index (χ2v) is 7.73. The van der Waals surface area contributed by atoms with E-state index < -0.39 is 0 Å². The molecule has 2 aromatic heterocycles. The van der Waals surface area contributed by atoms with E-state index in [9.17, 15) is 4.79 Å². The van der Waals surface area contributed by atoms with Gasteiger partial charge in [-0.2, -0.15) is 10.1 Å². The number of piperidine rings is 1. The Morgan fingerprint density at radius 3 is 2.67 bits per heavy atom. The average Bonchev–Trinajstić information content (AvgIpc) is 3.31. The number of nitrogens with zero attached hydrogens (tertiary/aromatic N) is 5. The molecule has 0 N–H and O–H groups in total. The molecule has 7 nitrogen and oxygen atoms in total. The van der Waals surface area contributed by atoms with Crippen molar-refractivity contribution in [1.82, 2.24) is 24.8 Å². The zero-order valence-electron chi connectivity index (χ0n) is 15.7. The molecule has 1 aromatic carbocycles. The number of benzene rings is 1. The third-order valence-electron chi connectivity index (χ3n) is 5.77. The molecule has 5 rings (SSSR count). The van der Waals surface area contributed by atoms with Crippen LogP contribution in [0.3, 0.4) is 0 Å². The summed E-state index contributed by atoms with van der Waals surface area (Å²) in [6.07, 6.45) is 4.14. The van der Waals surface area contributed by atoms with Gasteiger partial charge in [-0.1, -0.05) is 17.3 Å². The van der Waals surface area contributed by atoms with E-state index in [1.807, 2.05) is 11.0 Å². The lowest BCUT2D eigenvalue weighted by molar-refractivity contribution is -0.129. The molecule has 3 aromatic rings. The molecule has 7 heteroatoms. The van der Waals surface area contributed by atoms with Crippen molar-refractivity contribution in [2.75, 3.05) is 13.1 Å². The molecule has 0 spiro atoms. The predicted octanol–water partition coefficient (Wildman–Crippen LogP) is 3.46. The molecule has 1 aliphatic heterocycles. The number of likely N-dealkylation sites (tertiary alicyclic amines) is 1. The number of hydrogen-bond donors (Lipinski definition) is 0. The van der Waals surface area contributed by atoms with Gasteiger partial charge in [-0.15, -0.1) is 0 Å². The summed E-state index contributed by atoms with van der Waals surface area (Å²) in [5.74, 6) is 1.67. The topological polar surface area (TPSA) is 77.1 Å². The Kier molecular flexibility index (Phi) is 3.77. The third-order valence-corrected chi connectivity index (χ3v) is 5.77. The van der Waals surface area contributed by atoms with Crippen molar-refractivity contribution in [1.29, 1.82) is 0 Å². The van der Waals surface area contributed by atoms with Crippen LogP contribution >= 0.6 is 0 Å². The van der Waals surface area contributed by atoms with Crippen LogP contribution in [0.15, 0.2) is 22.7 Å². The van der Waals surface area contributed by atoms with E-state index in [1.165, 1.54) is 18.2 Å². The van der Waals surface area contributed by atoms with Crippen molar-refractivity contribution in [3.8, 4) is 11.4 Å². The first-order valence-corrected chi connectivity index (χ1v) is 9.68. The van der Waals surface area contributed by atoms with Crippen molar-refractivity contribution in [2.45, 2.75) is 51.5 Å². The lowest BCUT2D eigenvalue weighted by Gasteiger charge is -2.29. The van der Waals surface area contributed by atoms with E-state index in [4.69, 9.17) is 9.62 Å². The first kappa shape index (κ1) is 16.5. The number of aryl methyl sites for hydroxylation is 1. The average molecular weight is 365 g/mol. The number of carbonyl (C=O) groups is 1. The number of aromatic nitrogens is 4. The summed E-state index contributed by atoms with van der Waals surface area (Å²) in [5.41, 5.74) is 3.17. The maximum Gasteiger partial charge on any atom is 0.230 e. The van der Waals surface area contributed by atoms with Crippen LogP contribution in [0.25, 0.3) is 22.3 Å². The van der Waals surface area contributed by atoms with E-state index >= 15 is 0 Å². The molecule has 3 heterocycles. The van der Waals surface area contributed by atoms with E-state index in [2.05, 4.69) is 33.9 Å². The van der Waals surface area contributed by atoms with Gasteiger partial charge in [-0.25, -0.2) is 0 Å². The summed E-state index contributed by atoms with van der Waals surface area (Å²) in [6.45, 7) is 5.18. The largest absolute Gasteiger partial charge is 0.343 e. The minimum atomic E-state index is 0.135. The highest BCUT2D eigenvalue weighted by Gasteiger charge is 2.28. The Morgan fingerprint density at radius 2 is 1.96 bits per heavy atom. The Balaban J connectivity index is 1.41. The van der Waals surface area contributed by atoms with Gasteiger partial charge in [0, 0.05) is 36.9 Å². The summed E-state index contributed by atoms with van der Waals surface area (Å²) < 4.78 is 7.72. The third kappa shape index (κ3) is 2.91. The van der Waals surface area contributed by atoms with Crippen LogP contribution in [0.1, 0.15) is 56.2 Å². The molecule has 2 aliphatic rings. The van der Waals surface area contributed by atoms with Crippen LogP contribution in [-0.4, -0.2) is 43.8 Å². The summed E-state index contributed by atoms with van der Waals surface area (Å²) in [7, 11) is 0. The number of fused-ring (bicyclic) bond motifs is 1. The molecule has 27 heavy (non-hydrogen) atoms. The number of amides is 1. The fraction of sp³-hybridized carbons (Fsp3) is 0.500. The van der Waals surface area contributed by atoms with Gasteiger partial charge >= 0.3 is 0 Å². The van der Waals surface area contributed by atoms with Crippen LogP contribution < -0.4 is 0 Å². The van der Waals surface area contributed by atoms with E-state index in [0.29, 0.717) is 17.8 Å². The minimum Gasteiger partial charge on any atom is -0.343 e. The van der Waals surface area contributed by atoms with Crippen molar-refractivity contribution < 1.29 is 9.32 Å². The van der Waals surface area contributed by atoms with Gasteiger partial charge in [-0.05, 0) is 38.7 Å².